The molecular weight excluding hydrogens is 292 g/mol. The minimum atomic E-state index is -0.620. The van der Waals surface area contributed by atoms with Crippen LogP contribution in [0.3, 0.4) is 0 Å². The number of hydrogen-bond donors (Lipinski definition) is 3. The van der Waals surface area contributed by atoms with Crippen LogP contribution in [0.1, 0.15) is 11.1 Å². The van der Waals surface area contributed by atoms with Crippen molar-refractivity contribution >= 4 is 29.7 Å². The third kappa shape index (κ3) is 5.61. The summed E-state index contributed by atoms with van der Waals surface area (Å²) in [6, 6.07) is 16.5. The van der Waals surface area contributed by atoms with Gasteiger partial charge in [0.2, 0.25) is 5.91 Å². The molecule has 0 saturated carbocycles. The monoisotopic (exact) mass is 308 g/mol. The number of hydrogen-bond acceptors (Lipinski definition) is 3. The Morgan fingerprint density at radius 2 is 1.48 bits per heavy atom. The fourth-order valence-corrected chi connectivity index (χ4v) is 1.85. The molecule has 2 rings (SSSR count). The Morgan fingerprint density at radius 3 is 2.22 bits per heavy atom. The van der Waals surface area contributed by atoms with E-state index < -0.39 is 5.91 Å². The Balaban J connectivity index is 2.00. The van der Waals surface area contributed by atoms with Crippen molar-refractivity contribution in [2.75, 3.05) is 5.32 Å². The molecule has 0 aromatic heterocycles. The Labute approximate surface area is 133 Å². The second kappa shape index (κ2) is 8.31. The molecule has 2 aromatic carbocycles. The normalized spacial score (nSPS) is 10.8. The molecule has 0 bridgehead atoms. The van der Waals surface area contributed by atoms with Crippen LogP contribution >= 0.6 is 0 Å². The lowest BCUT2D eigenvalue weighted by Gasteiger charge is -2.03. The van der Waals surface area contributed by atoms with E-state index in [2.05, 4.69) is 5.32 Å². The molecule has 0 fully saturated rings. The molecule has 2 aromatic rings. The zero-order chi connectivity index (χ0) is 16.5. The van der Waals surface area contributed by atoms with Crippen LogP contribution in [-0.4, -0.2) is 17.0 Å². The zero-order valence-corrected chi connectivity index (χ0v) is 12.3. The highest BCUT2D eigenvalue weighted by atomic mass is 16.5. The van der Waals surface area contributed by atoms with Crippen LogP contribution in [-0.2, 0) is 9.59 Å². The van der Waals surface area contributed by atoms with E-state index in [0.29, 0.717) is 5.69 Å². The van der Waals surface area contributed by atoms with Gasteiger partial charge in [0.05, 0.1) is 0 Å². The second-order valence-corrected chi connectivity index (χ2v) is 4.67. The van der Waals surface area contributed by atoms with Crippen molar-refractivity contribution in [3.05, 3.63) is 77.9 Å². The van der Waals surface area contributed by atoms with Gasteiger partial charge < -0.3 is 5.32 Å². The van der Waals surface area contributed by atoms with Gasteiger partial charge in [0.15, 0.2) is 0 Å². The summed E-state index contributed by atoms with van der Waals surface area (Å²) in [5.41, 5.74) is 3.78. The van der Waals surface area contributed by atoms with Crippen LogP contribution in [0.5, 0.6) is 0 Å². The van der Waals surface area contributed by atoms with Gasteiger partial charge in [-0.3, -0.25) is 14.8 Å². The Bertz CT molecular complexity index is 737. The van der Waals surface area contributed by atoms with Crippen molar-refractivity contribution in [2.45, 2.75) is 0 Å². The molecule has 2 amide bonds. The van der Waals surface area contributed by atoms with E-state index in [9.17, 15) is 9.59 Å². The maximum Gasteiger partial charge on any atom is 0.267 e. The molecule has 0 radical (unpaired) electrons. The average Bonchev–Trinajstić information content (AvgIpc) is 2.59. The van der Waals surface area contributed by atoms with Crippen molar-refractivity contribution in [3.8, 4) is 0 Å². The fourth-order valence-electron chi connectivity index (χ4n) is 1.85. The zero-order valence-electron chi connectivity index (χ0n) is 12.3. The molecule has 0 aliphatic rings. The molecule has 3 N–H and O–H groups in total. The van der Waals surface area contributed by atoms with Gasteiger partial charge in [0.25, 0.3) is 5.91 Å². The average molecular weight is 308 g/mol. The van der Waals surface area contributed by atoms with Crippen LogP contribution in [0, 0.1) is 0 Å². The first-order valence-electron chi connectivity index (χ1n) is 6.94. The molecular formula is C18H16N2O3. The summed E-state index contributed by atoms with van der Waals surface area (Å²) < 4.78 is 0. The van der Waals surface area contributed by atoms with Crippen molar-refractivity contribution in [1.82, 2.24) is 5.48 Å². The Hall–Kier alpha value is -3.18. The van der Waals surface area contributed by atoms with Crippen LogP contribution in [0.4, 0.5) is 5.69 Å². The molecule has 0 unspecified atom stereocenters. The highest BCUT2D eigenvalue weighted by Crippen LogP contribution is 2.12. The molecule has 0 aliphatic heterocycles. The maximum absolute atomic E-state index is 11.9. The number of benzene rings is 2. The lowest BCUT2D eigenvalue weighted by Crippen LogP contribution is -2.14. The van der Waals surface area contributed by atoms with Crippen LogP contribution < -0.4 is 10.8 Å². The molecule has 0 saturated heterocycles. The maximum atomic E-state index is 11.9. The van der Waals surface area contributed by atoms with Gasteiger partial charge in [-0.05, 0) is 35.4 Å². The largest absolute Gasteiger partial charge is 0.322 e. The summed E-state index contributed by atoms with van der Waals surface area (Å²) in [4.78, 5) is 22.8. The fraction of sp³-hybridized carbons (Fsp3) is 0. The van der Waals surface area contributed by atoms with E-state index in [1.165, 1.54) is 23.7 Å². The van der Waals surface area contributed by atoms with E-state index in [4.69, 9.17) is 5.21 Å². The number of nitrogens with one attached hydrogen (secondary N) is 2. The van der Waals surface area contributed by atoms with Gasteiger partial charge in [-0.1, -0.05) is 42.5 Å². The molecule has 116 valence electrons. The highest BCUT2D eigenvalue weighted by Gasteiger charge is 1.99. The predicted molar refractivity (Wildman–Crippen MR) is 89.5 cm³/mol. The lowest BCUT2D eigenvalue weighted by molar-refractivity contribution is -0.124. The van der Waals surface area contributed by atoms with Crippen LogP contribution in [0.2, 0.25) is 0 Å². The van der Waals surface area contributed by atoms with Crippen LogP contribution in [0.15, 0.2) is 66.7 Å². The number of amides is 2. The van der Waals surface area contributed by atoms with Crippen LogP contribution in [0.25, 0.3) is 12.2 Å². The van der Waals surface area contributed by atoms with Gasteiger partial charge >= 0.3 is 0 Å². The number of anilines is 1. The first-order valence-corrected chi connectivity index (χ1v) is 6.94. The van der Waals surface area contributed by atoms with Gasteiger partial charge in [0, 0.05) is 17.8 Å². The van der Waals surface area contributed by atoms with Gasteiger partial charge in [-0.2, -0.15) is 0 Å². The van der Waals surface area contributed by atoms with Gasteiger partial charge in [-0.25, -0.2) is 5.48 Å². The van der Waals surface area contributed by atoms with Gasteiger partial charge in [0.1, 0.15) is 0 Å². The molecule has 0 spiro atoms. The molecule has 0 heterocycles. The quantitative estimate of drug-likeness (QED) is 0.451. The first-order chi connectivity index (χ1) is 11.2. The SMILES string of the molecule is O=C(/C=C/c1cccc(NC(=O)/C=C/c2ccccc2)c1)NO. The third-order valence-electron chi connectivity index (χ3n) is 2.92. The molecule has 0 atom stereocenters. The highest BCUT2D eigenvalue weighted by molar-refractivity contribution is 6.02. The Kier molecular flexibility index (Phi) is 5.85. The number of rotatable bonds is 5. The van der Waals surface area contributed by atoms with E-state index in [-0.39, 0.29) is 5.91 Å². The topological polar surface area (TPSA) is 78.4 Å². The Morgan fingerprint density at radius 1 is 0.826 bits per heavy atom. The second-order valence-electron chi connectivity index (χ2n) is 4.67. The lowest BCUT2D eigenvalue weighted by atomic mass is 10.2. The minimum absolute atomic E-state index is 0.247. The van der Waals surface area contributed by atoms with E-state index in [1.54, 1.807) is 30.3 Å². The van der Waals surface area contributed by atoms with Crippen molar-refractivity contribution in [1.29, 1.82) is 0 Å². The summed E-state index contributed by atoms with van der Waals surface area (Å²) in [7, 11) is 0. The molecule has 5 heteroatoms. The van der Waals surface area contributed by atoms with E-state index in [1.807, 2.05) is 30.3 Å². The standard InChI is InChI=1S/C18H16N2O3/c21-17(11-9-14-5-2-1-3-6-14)19-16-8-4-7-15(13-16)10-12-18(22)20-23/h1-13,23H,(H,19,21)(H,20,22)/b11-9+,12-10+. The predicted octanol–water partition coefficient (Wildman–Crippen LogP) is 2.86. The number of carbonyl (C=O) groups is 2. The third-order valence-corrected chi connectivity index (χ3v) is 2.92. The van der Waals surface area contributed by atoms with Crippen molar-refractivity contribution in [3.63, 3.8) is 0 Å². The summed E-state index contributed by atoms with van der Waals surface area (Å²) in [6.45, 7) is 0. The molecule has 5 nitrogen and oxygen atoms in total. The molecule has 23 heavy (non-hydrogen) atoms. The first kappa shape index (κ1) is 16.2. The molecule has 0 aliphatic carbocycles. The summed E-state index contributed by atoms with van der Waals surface area (Å²) in [5.74, 6) is -0.867. The minimum Gasteiger partial charge on any atom is -0.322 e. The smallest absolute Gasteiger partial charge is 0.267 e. The summed E-state index contributed by atoms with van der Waals surface area (Å²) >= 11 is 0. The van der Waals surface area contributed by atoms with E-state index in [0.717, 1.165) is 11.1 Å². The summed E-state index contributed by atoms with van der Waals surface area (Å²) in [5, 5.41) is 11.2. The van der Waals surface area contributed by atoms with Crippen molar-refractivity contribution < 1.29 is 14.8 Å². The van der Waals surface area contributed by atoms with Gasteiger partial charge in [-0.15, -0.1) is 0 Å². The summed E-state index contributed by atoms with van der Waals surface area (Å²) in [6.07, 6.45) is 5.90. The van der Waals surface area contributed by atoms with E-state index >= 15 is 0 Å². The number of carbonyl (C=O) groups excluding carboxylic acids is 2. The number of hydroxylamine groups is 1. The van der Waals surface area contributed by atoms with Crippen molar-refractivity contribution in [2.24, 2.45) is 0 Å².